The molecule has 0 amide bonds. The highest BCUT2D eigenvalue weighted by Crippen LogP contribution is 2.33. The average molecular weight is 419 g/mol. The summed E-state index contributed by atoms with van der Waals surface area (Å²) in [6, 6.07) is 8.29. The zero-order valence-electron chi connectivity index (χ0n) is 11.7. The molecule has 2 rings (SSSR count). The Bertz CT molecular complexity index is 576. The Balaban J connectivity index is 2.02. The molecule has 1 aromatic carbocycles. The normalized spacial score (nSPS) is 10.9. The maximum atomic E-state index is 5.69. The first kappa shape index (κ1) is 15.9. The number of ether oxygens (including phenoxy) is 1. The van der Waals surface area contributed by atoms with Gasteiger partial charge in [-0.05, 0) is 82.5 Å². The van der Waals surface area contributed by atoms with Crippen LogP contribution in [-0.4, -0.2) is 6.10 Å². The van der Waals surface area contributed by atoms with Gasteiger partial charge < -0.3 is 10.1 Å². The topological polar surface area (TPSA) is 21.3 Å². The van der Waals surface area contributed by atoms with Crippen molar-refractivity contribution >= 4 is 48.9 Å². The first-order valence-electron chi connectivity index (χ1n) is 6.40. The molecule has 0 unspecified atom stereocenters. The molecule has 0 radical (unpaired) electrons. The molecule has 0 fully saturated rings. The highest BCUT2D eigenvalue weighted by molar-refractivity contribution is 9.13. The van der Waals surface area contributed by atoms with E-state index in [9.17, 15) is 0 Å². The van der Waals surface area contributed by atoms with Crippen LogP contribution in [0.3, 0.4) is 0 Å². The Labute approximate surface area is 140 Å². The van der Waals surface area contributed by atoms with Gasteiger partial charge in [0.15, 0.2) is 0 Å². The zero-order valence-corrected chi connectivity index (χ0v) is 15.7. The van der Waals surface area contributed by atoms with Crippen LogP contribution in [0.1, 0.15) is 24.3 Å². The maximum absolute atomic E-state index is 5.69. The summed E-state index contributed by atoms with van der Waals surface area (Å²) in [7, 11) is 0. The third kappa shape index (κ3) is 4.24. The molecule has 108 valence electrons. The molecule has 1 aromatic heterocycles. The van der Waals surface area contributed by atoms with Gasteiger partial charge in [0.25, 0.3) is 0 Å². The van der Waals surface area contributed by atoms with E-state index in [1.54, 1.807) is 11.3 Å². The summed E-state index contributed by atoms with van der Waals surface area (Å²) in [6.45, 7) is 6.98. The van der Waals surface area contributed by atoms with Crippen LogP contribution in [0.4, 0.5) is 5.69 Å². The van der Waals surface area contributed by atoms with E-state index in [2.05, 4.69) is 62.3 Å². The maximum Gasteiger partial charge on any atom is 0.120 e. The Morgan fingerprint density at radius 3 is 2.55 bits per heavy atom. The van der Waals surface area contributed by atoms with Crippen molar-refractivity contribution in [2.24, 2.45) is 0 Å². The Hall–Kier alpha value is -0.520. The molecule has 0 aliphatic heterocycles. The first-order chi connectivity index (χ1) is 9.45. The molecule has 0 aliphatic carbocycles. The number of halogens is 2. The van der Waals surface area contributed by atoms with Gasteiger partial charge >= 0.3 is 0 Å². The summed E-state index contributed by atoms with van der Waals surface area (Å²) >= 11 is 8.76. The van der Waals surface area contributed by atoms with E-state index in [-0.39, 0.29) is 6.10 Å². The minimum Gasteiger partial charge on any atom is -0.491 e. The summed E-state index contributed by atoms with van der Waals surface area (Å²) in [5, 5.41) is 3.46. The van der Waals surface area contributed by atoms with Crippen LogP contribution in [0, 0.1) is 6.92 Å². The lowest BCUT2D eigenvalue weighted by Crippen LogP contribution is -2.06. The lowest BCUT2D eigenvalue weighted by molar-refractivity contribution is 0.242. The molecule has 2 aromatic rings. The SMILES string of the molecule is Cc1cc(OC(C)C)ccc1NCc1cc(Br)c(Br)s1. The van der Waals surface area contributed by atoms with Crippen molar-refractivity contribution in [1.82, 2.24) is 0 Å². The van der Waals surface area contributed by atoms with Crippen molar-refractivity contribution in [3.05, 3.63) is 43.0 Å². The molecule has 0 bridgehead atoms. The van der Waals surface area contributed by atoms with E-state index in [0.29, 0.717) is 0 Å². The average Bonchev–Trinajstić information content (AvgIpc) is 2.67. The highest BCUT2D eigenvalue weighted by Gasteiger charge is 2.06. The van der Waals surface area contributed by atoms with E-state index in [4.69, 9.17) is 4.74 Å². The minimum atomic E-state index is 0.203. The third-order valence-corrected chi connectivity index (χ3v) is 5.98. The van der Waals surface area contributed by atoms with E-state index < -0.39 is 0 Å². The van der Waals surface area contributed by atoms with Crippen molar-refractivity contribution in [3.63, 3.8) is 0 Å². The van der Waals surface area contributed by atoms with Crippen LogP contribution in [0.5, 0.6) is 5.75 Å². The monoisotopic (exact) mass is 417 g/mol. The molecule has 5 heteroatoms. The number of thiophene rings is 1. The van der Waals surface area contributed by atoms with Gasteiger partial charge in [0, 0.05) is 21.6 Å². The fourth-order valence-electron chi connectivity index (χ4n) is 1.84. The quantitative estimate of drug-likeness (QED) is 0.644. The summed E-state index contributed by atoms with van der Waals surface area (Å²) in [6.07, 6.45) is 0.203. The van der Waals surface area contributed by atoms with Gasteiger partial charge in [0.2, 0.25) is 0 Å². The summed E-state index contributed by atoms with van der Waals surface area (Å²) in [5.41, 5.74) is 2.33. The molecule has 1 N–H and O–H groups in total. The second-order valence-electron chi connectivity index (χ2n) is 4.83. The smallest absolute Gasteiger partial charge is 0.120 e. The summed E-state index contributed by atoms with van der Waals surface area (Å²) < 4.78 is 7.93. The van der Waals surface area contributed by atoms with Crippen LogP contribution in [0.2, 0.25) is 0 Å². The predicted octanol–water partition coefficient (Wildman–Crippen LogP) is 5.98. The Morgan fingerprint density at radius 1 is 1.25 bits per heavy atom. The standard InChI is InChI=1S/C15H17Br2NOS/c1-9(2)19-11-4-5-14(10(3)6-11)18-8-12-7-13(16)15(17)20-12/h4-7,9,18H,8H2,1-3H3. The van der Waals surface area contributed by atoms with Gasteiger partial charge in [0.1, 0.15) is 5.75 Å². The fraction of sp³-hybridized carbons (Fsp3) is 0.333. The predicted molar refractivity (Wildman–Crippen MR) is 94.0 cm³/mol. The second-order valence-corrected chi connectivity index (χ2v) is 8.14. The molecule has 2 nitrogen and oxygen atoms in total. The lowest BCUT2D eigenvalue weighted by atomic mass is 10.2. The van der Waals surface area contributed by atoms with Crippen LogP contribution < -0.4 is 10.1 Å². The van der Waals surface area contributed by atoms with E-state index >= 15 is 0 Å². The van der Waals surface area contributed by atoms with Crippen molar-refractivity contribution in [3.8, 4) is 5.75 Å². The molecule has 0 saturated carbocycles. The number of benzene rings is 1. The summed E-state index contributed by atoms with van der Waals surface area (Å²) in [4.78, 5) is 1.28. The van der Waals surface area contributed by atoms with Crippen molar-refractivity contribution in [2.75, 3.05) is 5.32 Å². The lowest BCUT2D eigenvalue weighted by Gasteiger charge is -2.13. The van der Waals surface area contributed by atoms with Gasteiger partial charge in [-0.3, -0.25) is 0 Å². The van der Waals surface area contributed by atoms with Gasteiger partial charge in [-0.15, -0.1) is 11.3 Å². The molecular formula is C15H17Br2NOS. The van der Waals surface area contributed by atoms with Crippen LogP contribution in [-0.2, 0) is 6.54 Å². The van der Waals surface area contributed by atoms with Crippen molar-refractivity contribution in [2.45, 2.75) is 33.4 Å². The number of rotatable bonds is 5. The largest absolute Gasteiger partial charge is 0.491 e. The first-order valence-corrected chi connectivity index (χ1v) is 8.81. The summed E-state index contributed by atoms with van der Waals surface area (Å²) in [5.74, 6) is 0.921. The number of nitrogens with one attached hydrogen (secondary N) is 1. The molecule has 0 atom stereocenters. The molecule has 0 aliphatic rings. The molecule has 1 heterocycles. The van der Waals surface area contributed by atoms with Gasteiger partial charge in [-0.1, -0.05) is 0 Å². The molecule has 0 spiro atoms. The van der Waals surface area contributed by atoms with Gasteiger partial charge in [-0.2, -0.15) is 0 Å². The molecule has 20 heavy (non-hydrogen) atoms. The number of aryl methyl sites for hydroxylation is 1. The van der Waals surface area contributed by atoms with Crippen LogP contribution >= 0.6 is 43.2 Å². The van der Waals surface area contributed by atoms with Gasteiger partial charge in [-0.25, -0.2) is 0 Å². The molecule has 0 saturated heterocycles. The van der Waals surface area contributed by atoms with E-state index in [0.717, 1.165) is 26.2 Å². The fourth-order valence-corrected chi connectivity index (χ4v) is 3.96. The highest BCUT2D eigenvalue weighted by atomic mass is 79.9. The van der Waals surface area contributed by atoms with Crippen LogP contribution in [0.25, 0.3) is 0 Å². The Morgan fingerprint density at radius 2 is 2.00 bits per heavy atom. The van der Waals surface area contributed by atoms with Crippen LogP contribution in [0.15, 0.2) is 32.5 Å². The minimum absolute atomic E-state index is 0.203. The van der Waals surface area contributed by atoms with Crippen molar-refractivity contribution in [1.29, 1.82) is 0 Å². The van der Waals surface area contributed by atoms with E-state index in [1.807, 2.05) is 19.9 Å². The molecular weight excluding hydrogens is 402 g/mol. The van der Waals surface area contributed by atoms with Crippen molar-refractivity contribution < 1.29 is 4.74 Å². The zero-order chi connectivity index (χ0) is 14.7. The number of hydrogen-bond acceptors (Lipinski definition) is 3. The van der Waals surface area contributed by atoms with Gasteiger partial charge in [0.05, 0.1) is 9.89 Å². The second kappa shape index (κ2) is 6.96. The van der Waals surface area contributed by atoms with E-state index in [1.165, 1.54) is 10.4 Å². The number of hydrogen-bond donors (Lipinski definition) is 1. The number of anilines is 1. The Kier molecular flexibility index (Phi) is 5.52. The third-order valence-electron chi connectivity index (χ3n) is 2.72.